The van der Waals surface area contributed by atoms with Gasteiger partial charge in [0.1, 0.15) is 6.04 Å². The second-order valence-corrected chi connectivity index (χ2v) is 8.57. The van der Waals surface area contributed by atoms with Gasteiger partial charge in [-0.15, -0.1) is 0 Å². The first-order valence-electron chi connectivity index (χ1n) is 10.1. The molecule has 3 atom stereocenters. The van der Waals surface area contributed by atoms with E-state index in [9.17, 15) is 19.2 Å². The van der Waals surface area contributed by atoms with Gasteiger partial charge in [0, 0.05) is 13.1 Å². The zero-order chi connectivity index (χ0) is 21.3. The highest BCUT2D eigenvalue weighted by Gasteiger charge is 2.44. The minimum atomic E-state index is -1.07. The molecule has 7 heteroatoms. The van der Waals surface area contributed by atoms with Crippen molar-refractivity contribution in [2.75, 3.05) is 19.7 Å². The van der Waals surface area contributed by atoms with Gasteiger partial charge in [0.2, 0.25) is 0 Å². The number of likely N-dealkylation sites (tertiary alicyclic amines) is 1. The molecule has 0 saturated carbocycles. The molecule has 156 valence electrons. The van der Waals surface area contributed by atoms with Crippen LogP contribution in [0.25, 0.3) is 0 Å². The molecule has 0 bridgehead atoms. The highest BCUT2D eigenvalue weighted by atomic mass is 16.5. The number of ether oxygens (including phenoxy) is 1. The maximum atomic E-state index is 12.8. The predicted octanol–water partition coefficient (Wildman–Crippen LogP) is 2.35. The van der Waals surface area contributed by atoms with Gasteiger partial charge in [-0.3, -0.25) is 19.3 Å². The van der Waals surface area contributed by atoms with Crippen molar-refractivity contribution in [2.24, 2.45) is 17.8 Å². The summed E-state index contributed by atoms with van der Waals surface area (Å²) in [6.07, 6.45) is 1.07. The summed E-state index contributed by atoms with van der Waals surface area (Å²) in [4.78, 5) is 53.5. The molecule has 2 aliphatic rings. The molecule has 2 aliphatic heterocycles. The third-order valence-corrected chi connectivity index (χ3v) is 5.54. The van der Waals surface area contributed by atoms with Gasteiger partial charge in [0.05, 0.1) is 11.1 Å². The lowest BCUT2D eigenvalue weighted by Crippen LogP contribution is -2.50. The first-order chi connectivity index (χ1) is 13.7. The summed E-state index contributed by atoms with van der Waals surface area (Å²) in [6.45, 7) is 8.58. The average molecular weight is 400 g/mol. The van der Waals surface area contributed by atoms with E-state index < -0.39 is 23.8 Å². The van der Waals surface area contributed by atoms with Crippen molar-refractivity contribution in [3.05, 3.63) is 35.4 Å². The van der Waals surface area contributed by atoms with E-state index in [1.165, 1.54) is 0 Å². The first kappa shape index (κ1) is 21.0. The molecule has 1 aromatic carbocycles. The third-order valence-electron chi connectivity index (χ3n) is 5.54. The van der Waals surface area contributed by atoms with Crippen molar-refractivity contribution in [3.8, 4) is 0 Å². The number of carbonyl (C=O) groups is 4. The lowest BCUT2D eigenvalue weighted by atomic mass is 9.92. The van der Waals surface area contributed by atoms with Gasteiger partial charge in [-0.05, 0) is 36.3 Å². The van der Waals surface area contributed by atoms with Crippen LogP contribution in [0.3, 0.4) is 0 Å². The first-order valence-corrected chi connectivity index (χ1v) is 10.1. The van der Waals surface area contributed by atoms with Crippen LogP contribution in [0, 0.1) is 17.8 Å². The summed E-state index contributed by atoms with van der Waals surface area (Å²) in [5.74, 6) is -1.55. The van der Waals surface area contributed by atoms with E-state index in [4.69, 9.17) is 4.74 Å². The Balaban J connectivity index is 1.69. The van der Waals surface area contributed by atoms with E-state index in [1.54, 1.807) is 43.0 Å². The van der Waals surface area contributed by atoms with Gasteiger partial charge in [-0.1, -0.05) is 39.8 Å². The molecule has 1 aromatic rings. The molecule has 0 N–H and O–H groups in total. The smallest absolute Gasteiger partial charge is 0.330 e. The molecule has 3 rings (SSSR count). The molecule has 7 nitrogen and oxygen atoms in total. The summed E-state index contributed by atoms with van der Waals surface area (Å²) < 4.78 is 5.28. The molecule has 3 amide bonds. The maximum absolute atomic E-state index is 12.8. The zero-order valence-corrected chi connectivity index (χ0v) is 17.4. The van der Waals surface area contributed by atoms with Crippen LogP contribution in [-0.2, 0) is 14.3 Å². The summed E-state index contributed by atoms with van der Waals surface area (Å²) in [6, 6.07) is 5.42. The number of benzene rings is 1. The molecule has 0 radical (unpaired) electrons. The van der Waals surface area contributed by atoms with Gasteiger partial charge in [0.15, 0.2) is 6.61 Å². The van der Waals surface area contributed by atoms with Crippen LogP contribution in [0.2, 0.25) is 0 Å². The standard InChI is InChI=1S/C22H28N2O5/c1-13(2)19(24-20(26)16-7-5-6-8-17(16)21(24)27)22(28)29-12-18(25)23-10-14(3)9-15(4)11-23/h5-8,13-15,19H,9-12H2,1-4H3/t14-,15-,19+/m0/s1. The van der Waals surface area contributed by atoms with Gasteiger partial charge in [-0.25, -0.2) is 4.79 Å². The minimum Gasteiger partial charge on any atom is -0.454 e. The average Bonchev–Trinajstić information content (AvgIpc) is 2.91. The van der Waals surface area contributed by atoms with Crippen molar-refractivity contribution in [3.63, 3.8) is 0 Å². The number of carbonyl (C=O) groups excluding carboxylic acids is 4. The molecule has 29 heavy (non-hydrogen) atoms. The fourth-order valence-electron chi connectivity index (χ4n) is 4.31. The Labute approximate surface area is 171 Å². The molecular weight excluding hydrogens is 372 g/mol. The Morgan fingerprint density at radius 1 is 1.03 bits per heavy atom. The summed E-state index contributed by atoms with van der Waals surface area (Å²) in [7, 11) is 0. The topological polar surface area (TPSA) is 84.0 Å². The number of hydrogen-bond acceptors (Lipinski definition) is 5. The van der Waals surface area contributed by atoms with Crippen molar-refractivity contribution in [1.29, 1.82) is 0 Å². The number of nitrogens with zero attached hydrogens (tertiary/aromatic N) is 2. The SMILES string of the molecule is CC(C)[C@H](C(=O)OCC(=O)N1C[C@@H](C)C[C@H](C)C1)N1C(=O)c2ccccc2C1=O. The maximum Gasteiger partial charge on any atom is 0.330 e. The number of hydrogen-bond donors (Lipinski definition) is 0. The summed E-state index contributed by atoms with van der Waals surface area (Å²) >= 11 is 0. The number of rotatable bonds is 5. The predicted molar refractivity (Wildman–Crippen MR) is 106 cm³/mol. The molecule has 0 spiro atoms. The zero-order valence-electron chi connectivity index (χ0n) is 17.4. The van der Waals surface area contributed by atoms with E-state index in [1.807, 2.05) is 0 Å². The third kappa shape index (κ3) is 4.18. The van der Waals surface area contributed by atoms with E-state index in [-0.39, 0.29) is 29.6 Å². The van der Waals surface area contributed by atoms with Crippen molar-refractivity contribution >= 4 is 23.7 Å². The summed E-state index contributed by atoms with van der Waals surface area (Å²) in [5.41, 5.74) is 0.562. The van der Waals surface area contributed by atoms with E-state index in [2.05, 4.69) is 13.8 Å². The molecule has 1 saturated heterocycles. The van der Waals surface area contributed by atoms with Crippen LogP contribution in [0.1, 0.15) is 54.8 Å². The lowest BCUT2D eigenvalue weighted by molar-refractivity contribution is -0.157. The number of fused-ring (bicyclic) bond motifs is 1. The quantitative estimate of drug-likeness (QED) is 0.560. The normalized spacial score (nSPS) is 22.7. The van der Waals surface area contributed by atoms with Crippen LogP contribution in [0.4, 0.5) is 0 Å². The van der Waals surface area contributed by atoms with Crippen molar-refractivity contribution < 1.29 is 23.9 Å². The van der Waals surface area contributed by atoms with E-state index >= 15 is 0 Å². The number of imide groups is 1. The number of esters is 1. The van der Waals surface area contributed by atoms with Crippen LogP contribution >= 0.6 is 0 Å². The number of piperidine rings is 1. The van der Waals surface area contributed by atoms with Crippen molar-refractivity contribution in [2.45, 2.75) is 40.2 Å². The highest BCUT2D eigenvalue weighted by Crippen LogP contribution is 2.28. The minimum absolute atomic E-state index is 0.249. The van der Waals surface area contributed by atoms with E-state index in [0.29, 0.717) is 24.9 Å². The highest BCUT2D eigenvalue weighted by molar-refractivity contribution is 6.22. The van der Waals surface area contributed by atoms with Crippen LogP contribution in [-0.4, -0.2) is 59.2 Å². The Morgan fingerprint density at radius 3 is 2.03 bits per heavy atom. The second-order valence-electron chi connectivity index (χ2n) is 8.57. The molecule has 0 aliphatic carbocycles. The lowest BCUT2D eigenvalue weighted by Gasteiger charge is -2.35. The van der Waals surface area contributed by atoms with Gasteiger partial charge in [-0.2, -0.15) is 0 Å². The molecule has 0 aromatic heterocycles. The fraction of sp³-hybridized carbons (Fsp3) is 0.545. The fourth-order valence-corrected chi connectivity index (χ4v) is 4.31. The van der Waals surface area contributed by atoms with Crippen LogP contribution in [0.15, 0.2) is 24.3 Å². The van der Waals surface area contributed by atoms with Crippen LogP contribution in [0.5, 0.6) is 0 Å². The van der Waals surface area contributed by atoms with Crippen LogP contribution < -0.4 is 0 Å². The van der Waals surface area contributed by atoms with Gasteiger partial charge < -0.3 is 9.64 Å². The number of amides is 3. The van der Waals surface area contributed by atoms with Gasteiger partial charge in [0.25, 0.3) is 17.7 Å². The Hall–Kier alpha value is -2.70. The summed E-state index contributed by atoms with van der Waals surface area (Å²) in [5, 5.41) is 0. The molecule has 1 fully saturated rings. The van der Waals surface area contributed by atoms with Gasteiger partial charge >= 0.3 is 5.97 Å². The molecule has 2 heterocycles. The Bertz CT molecular complexity index is 789. The monoisotopic (exact) mass is 400 g/mol. The molecule has 0 unspecified atom stereocenters. The second kappa shape index (κ2) is 8.35. The Kier molecular flexibility index (Phi) is 6.05. The molecular formula is C22H28N2O5. The Morgan fingerprint density at radius 2 is 1.55 bits per heavy atom. The largest absolute Gasteiger partial charge is 0.454 e. The van der Waals surface area contributed by atoms with Crippen molar-refractivity contribution in [1.82, 2.24) is 9.80 Å². The van der Waals surface area contributed by atoms with E-state index in [0.717, 1.165) is 11.3 Å².